The minimum Gasteiger partial charge on any atom is -0.299 e. The normalized spacial score (nSPS) is 34.9. The van der Waals surface area contributed by atoms with Crippen molar-refractivity contribution in [2.45, 2.75) is 50.8 Å². The molecule has 0 radical (unpaired) electrons. The van der Waals surface area contributed by atoms with Gasteiger partial charge in [-0.15, -0.1) is 11.6 Å². The second-order valence-electron chi connectivity index (χ2n) is 6.46. The first-order chi connectivity index (χ1) is 7.81. The SMILES string of the molecule is CC(C)(C/C=C/C#N)CC(=O)C12CC(Cl)(C1)C2. The Morgan fingerprint density at radius 1 is 1.47 bits per heavy atom. The van der Waals surface area contributed by atoms with Gasteiger partial charge in [0.1, 0.15) is 5.78 Å². The molecule has 0 heterocycles. The van der Waals surface area contributed by atoms with Crippen LogP contribution in [0.3, 0.4) is 0 Å². The molecule has 0 saturated heterocycles. The Balaban J connectivity index is 1.86. The minimum atomic E-state index is -0.0715. The van der Waals surface area contributed by atoms with E-state index in [0.717, 1.165) is 25.7 Å². The summed E-state index contributed by atoms with van der Waals surface area (Å²) in [7, 11) is 0. The smallest absolute Gasteiger partial charge is 0.139 e. The van der Waals surface area contributed by atoms with E-state index in [-0.39, 0.29) is 15.7 Å². The molecule has 0 amide bonds. The van der Waals surface area contributed by atoms with Gasteiger partial charge in [-0.1, -0.05) is 19.9 Å². The van der Waals surface area contributed by atoms with Gasteiger partial charge in [0.15, 0.2) is 0 Å². The van der Waals surface area contributed by atoms with Crippen LogP contribution in [0, 0.1) is 22.2 Å². The molecule has 3 aliphatic carbocycles. The zero-order valence-corrected chi connectivity index (χ0v) is 11.2. The molecule has 17 heavy (non-hydrogen) atoms. The van der Waals surface area contributed by atoms with Gasteiger partial charge < -0.3 is 0 Å². The maximum atomic E-state index is 12.2. The molecule has 0 N–H and O–H groups in total. The minimum absolute atomic E-state index is 0.0273. The van der Waals surface area contributed by atoms with Gasteiger partial charge in [-0.25, -0.2) is 0 Å². The van der Waals surface area contributed by atoms with E-state index in [1.54, 1.807) is 0 Å². The molecular formula is C14H18ClNO. The zero-order chi connectivity index (χ0) is 12.7. The fraction of sp³-hybridized carbons (Fsp3) is 0.714. The summed E-state index contributed by atoms with van der Waals surface area (Å²) >= 11 is 6.18. The van der Waals surface area contributed by atoms with Gasteiger partial charge in [0.2, 0.25) is 0 Å². The number of carbonyl (C=O) groups is 1. The van der Waals surface area contributed by atoms with E-state index < -0.39 is 0 Å². The van der Waals surface area contributed by atoms with E-state index in [1.165, 1.54) is 6.08 Å². The van der Waals surface area contributed by atoms with Crippen molar-refractivity contribution in [1.82, 2.24) is 0 Å². The van der Waals surface area contributed by atoms with Crippen molar-refractivity contribution in [3.05, 3.63) is 12.2 Å². The number of hydrogen-bond donors (Lipinski definition) is 0. The number of alkyl halides is 1. The molecule has 0 spiro atoms. The Bertz CT molecular complexity index is 397. The number of allylic oxidation sites excluding steroid dienone is 2. The van der Waals surface area contributed by atoms with Crippen LogP contribution in [0.25, 0.3) is 0 Å². The van der Waals surface area contributed by atoms with E-state index in [2.05, 4.69) is 13.8 Å². The zero-order valence-electron chi connectivity index (χ0n) is 10.4. The Hall–Kier alpha value is -0.810. The molecule has 0 atom stereocenters. The topological polar surface area (TPSA) is 40.9 Å². The molecule has 0 aromatic rings. The lowest BCUT2D eigenvalue weighted by atomic mass is 9.41. The van der Waals surface area contributed by atoms with Crippen molar-refractivity contribution in [3.63, 3.8) is 0 Å². The van der Waals surface area contributed by atoms with Crippen LogP contribution in [0.5, 0.6) is 0 Å². The van der Waals surface area contributed by atoms with Crippen LogP contribution in [0.1, 0.15) is 46.0 Å². The lowest BCUT2D eigenvalue weighted by molar-refractivity contribution is -0.158. The molecule has 0 aromatic carbocycles. The summed E-state index contributed by atoms with van der Waals surface area (Å²) < 4.78 is 0. The molecule has 3 saturated carbocycles. The van der Waals surface area contributed by atoms with Crippen LogP contribution in [0.4, 0.5) is 0 Å². The van der Waals surface area contributed by atoms with E-state index >= 15 is 0 Å². The molecule has 0 unspecified atom stereocenters. The van der Waals surface area contributed by atoms with Gasteiger partial charge in [-0.05, 0) is 31.1 Å². The third-order valence-electron chi connectivity index (χ3n) is 4.06. The molecule has 0 aromatic heterocycles. The van der Waals surface area contributed by atoms with Crippen LogP contribution in [-0.2, 0) is 4.79 Å². The summed E-state index contributed by atoms with van der Waals surface area (Å²) in [6.07, 6.45) is 7.34. The fourth-order valence-corrected chi connectivity index (χ4v) is 3.85. The molecule has 3 aliphatic rings. The average Bonchev–Trinajstić information content (AvgIpc) is 2.10. The number of Topliss-reactive ketones (excluding diaryl/α,β-unsaturated/α-hetero) is 1. The van der Waals surface area contributed by atoms with Crippen LogP contribution < -0.4 is 0 Å². The molecule has 2 nitrogen and oxygen atoms in total. The Kier molecular flexibility index (Phi) is 2.86. The standard InChI is InChI=1S/C14H18ClNO/c1-12(2,5-3-4-6-16)7-11(17)13-8-14(15,9-13)10-13/h3-4H,5,7-10H2,1-2H3/b4-3+. The van der Waals surface area contributed by atoms with Gasteiger partial charge in [0.05, 0.1) is 6.07 Å². The lowest BCUT2D eigenvalue weighted by Gasteiger charge is -2.66. The van der Waals surface area contributed by atoms with Crippen LogP contribution in [0.15, 0.2) is 12.2 Å². The van der Waals surface area contributed by atoms with E-state index in [4.69, 9.17) is 16.9 Å². The summed E-state index contributed by atoms with van der Waals surface area (Å²) in [6, 6.07) is 1.98. The van der Waals surface area contributed by atoms with Crippen molar-refractivity contribution < 1.29 is 4.79 Å². The summed E-state index contributed by atoms with van der Waals surface area (Å²) in [4.78, 5) is 12.2. The summed E-state index contributed by atoms with van der Waals surface area (Å²) in [5.41, 5.74) is -0.128. The first-order valence-electron chi connectivity index (χ1n) is 6.08. The first kappa shape index (κ1) is 12.6. The maximum absolute atomic E-state index is 12.2. The molecule has 92 valence electrons. The van der Waals surface area contributed by atoms with Crippen molar-refractivity contribution in [3.8, 4) is 6.07 Å². The highest BCUT2D eigenvalue weighted by Gasteiger charge is 2.70. The molecule has 3 fully saturated rings. The number of nitriles is 1. The quantitative estimate of drug-likeness (QED) is 0.553. The van der Waals surface area contributed by atoms with Gasteiger partial charge in [-0.3, -0.25) is 4.79 Å². The third kappa shape index (κ3) is 2.26. The molecule has 2 bridgehead atoms. The highest BCUT2D eigenvalue weighted by atomic mass is 35.5. The Labute approximate surface area is 108 Å². The van der Waals surface area contributed by atoms with Crippen LogP contribution in [0.2, 0.25) is 0 Å². The average molecular weight is 252 g/mol. The number of hydrogen-bond acceptors (Lipinski definition) is 2. The van der Waals surface area contributed by atoms with Gasteiger partial charge in [-0.2, -0.15) is 5.26 Å². The summed E-state index contributed by atoms with van der Waals surface area (Å²) in [5, 5.41) is 8.44. The van der Waals surface area contributed by atoms with E-state index in [9.17, 15) is 4.79 Å². The Morgan fingerprint density at radius 3 is 2.53 bits per heavy atom. The highest BCUT2D eigenvalue weighted by Crippen LogP contribution is 2.71. The predicted molar refractivity (Wildman–Crippen MR) is 67.6 cm³/mol. The maximum Gasteiger partial charge on any atom is 0.139 e. The van der Waals surface area contributed by atoms with Crippen molar-refractivity contribution >= 4 is 17.4 Å². The largest absolute Gasteiger partial charge is 0.299 e. The lowest BCUT2D eigenvalue weighted by Crippen LogP contribution is -2.67. The number of carbonyl (C=O) groups excluding carboxylic acids is 1. The summed E-state index contributed by atoms with van der Waals surface area (Å²) in [6.45, 7) is 4.16. The van der Waals surface area contributed by atoms with Crippen LogP contribution in [-0.4, -0.2) is 10.7 Å². The second kappa shape index (κ2) is 3.85. The number of ketones is 1. The highest BCUT2D eigenvalue weighted by molar-refractivity contribution is 6.27. The van der Waals surface area contributed by atoms with Crippen molar-refractivity contribution in [2.24, 2.45) is 10.8 Å². The van der Waals surface area contributed by atoms with Crippen LogP contribution >= 0.6 is 11.6 Å². The summed E-state index contributed by atoms with van der Waals surface area (Å²) in [5.74, 6) is 0.371. The predicted octanol–water partition coefficient (Wildman–Crippen LogP) is 3.60. The van der Waals surface area contributed by atoms with Crippen molar-refractivity contribution in [1.29, 1.82) is 5.26 Å². The van der Waals surface area contributed by atoms with Gasteiger partial charge in [0, 0.05) is 22.8 Å². The van der Waals surface area contributed by atoms with E-state index in [0.29, 0.717) is 12.2 Å². The first-order valence-corrected chi connectivity index (χ1v) is 6.46. The second-order valence-corrected chi connectivity index (χ2v) is 7.26. The molecule has 3 rings (SSSR count). The molecule has 3 heteroatoms. The Morgan fingerprint density at radius 2 is 2.06 bits per heavy atom. The number of rotatable bonds is 5. The molecular weight excluding hydrogens is 234 g/mol. The number of halogens is 1. The molecule has 0 aliphatic heterocycles. The number of nitrogens with zero attached hydrogens (tertiary/aromatic N) is 1. The monoisotopic (exact) mass is 251 g/mol. The third-order valence-corrected chi connectivity index (χ3v) is 4.46. The van der Waals surface area contributed by atoms with Gasteiger partial charge in [0.25, 0.3) is 0 Å². The van der Waals surface area contributed by atoms with Gasteiger partial charge >= 0.3 is 0 Å². The van der Waals surface area contributed by atoms with E-state index in [1.807, 2.05) is 12.1 Å². The van der Waals surface area contributed by atoms with Crippen molar-refractivity contribution in [2.75, 3.05) is 0 Å². The fourth-order valence-electron chi connectivity index (χ4n) is 3.08.